The number of benzene rings is 1. The minimum atomic E-state index is -0.292. The van der Waals surface area contributed by atoms with Crippen molar-refractivity contribution in [3.05, 3.63) is 53.1 Å². The molecule has 1 aliphatic heterocycles. The van der Waals surface area contributed by atoms with E-state index in [-0.39, 0.29) is 18.3 Å². The van der Waals surface area contributed by atoms with E-state index in [0.717, 1.165) is 25.3 Å². The Balaban J connectivity index is 1.77. The molecular formula is C19H25FN4O2. The zero-order chi connectivity index (χ0) is 18.5. The van der Waals surface area contributed by atoms with Gasteiger partial charge in [-0.05, 0) is 13.0 Å². The van der Waals surface area contributed by atoms with Crippen molar-refractivity contribution < 1.29 is 13.9 Å². The van der Waals surface area contributed by atoms with Crippen LogP contribution in [0, 0.1) is 12.7 Å². The second kappa shape index (κ2) is 8.42. The number of amides is 1. The molecule has 7 heteroatoms. The molecule has 0 spiro atoms. The number of nitrogens with zero attached hydrogens (tertiary/aromatic N) is 4. The van der Waals surface area contributed by atoms with Crippen molar-refractivity contribution in [2.75, 3.05) is 39.4 Å². The SMILES string of the molecule is Cc1c(C(=O)N(CCN2CCOCC2)Cc2ccccc2F)cnn1C. The Morgan fingerprint density at radius 2 is 2.04 bits per heavy atom. The monoisotopic (exact) mass is 360 g/mol. The van der Waals surface area contributed by atoms with Gasteiger partial charge >= 0.3 is 0 Å². The Bertz CT molecular complexity index is 756. The molecule has 140 valence electrons. The summed E-state index contributed by atoms with van der Waals surface area (Å²) in [6.45, 7) is 6.51. The van der Waals surface area contributed by atoms with Crippen molar-refractivity contribution >= 4 is 5.91 Å². The van der Waals surface area contributed by atoms with E-state index in [1.165, 1.54) is 6.07 Å². The van der Waals surface area contributed by atoms with E-state index < -0.39 is 0 Å². The molecule has 2 heterocycles. The Morgan fingerprint density at radius 3 is 2.69 bits per heavy atom. The van der Waals surface area contributed by atoms with Crippen LogP contribution in [0.15, 0.2) is 30.5 Å². The first-order chi connectivity index (χ1) is 12.6. The van der Waals surface area contributed by atoms with Crippen molar-refractivity contribution in [1.29, 1.82) is 0 Å². The molecule has 26 heavy (non-hydrogen) atoms. The second-order valence-corrected chi connectivity index (χ2v) is 6.54. The summed E-state index contributed by atoms with van der Waals surface area (Å²) in [6, 6.07) is 6.60. The van der Waals surface area contributed by atoms with Crippen molar-refractivity contribution in [2.45, 2.75) is 13.5 Å². The van der Waals surface area contributed by atoms with Crippen LogP contribution in [0.3, 0.4) is 0 Å². The fourth-order valence-electron chi connectivity index (χ4n) is 3.05. The Labute approximate surface area is 153 Å². The van der Waals surface area contributed by atoms with Crippen LogP contribution in [0.1, 0.15) is 21.6 Å². The summed E-state index contributed by atoms with van der Waals surface area (Å²) >= 11 is 0. The fourth-order valence-corrected chi connectivity index (χ4v) is 3.05. The van der Waals surface area contributed by atoms with E-state index in [1.807, 2.05) is 6.92 Å². The zero-order valence-corrected chi connectivity index (χ0v) is 15.3. The lowest BCUT2D eigenvalue weighted by atomic mass is 10.1. The number of ether oxygens (including phenoxy) is 1. The number of aryl methyl sites for hydroxylation is 1. The molecule has 0 saturated carbocycles. The van der Waals surface area contributed by atoms with Gasteiger partial charge in [0.15, 0.2) is 0 Å². The number of hydrogen-bond acceptors (Lipinski definition) is 4. The highest BCUT2D eigenvalue weighted by molar-refractivity contribution is 5.95. The molecule has 0 radical (unpaired) electrons. The van der Waals surface area contributed by atoms with Gasteiger partial charge in [0.05, 0.1) is 25.0 Å². The molecule has 1 aromatic carbocycles. The second-order valence-electron chi connectivity index (χ2n) is 6.54. The maximum absolute atomic E-state index is 14.1. The fraction of sp³-hybridized carbons (Fsp3) is 0.474. The molecule has 0 unspecified atom stereocenters. The number of rotatable bonds is 6. The average Bonchev–Trinajstić information content (AvgIpc) is 2.99. The molecule has 1 aromatic heterocycles. The van der Waals surface area contributed by atoms with E-state index in [0.29, 0.717) is 30.9 Å². The summed E-state index contributed by atoms with van der Waals surface area (Å²) in [5, 5.41) is 4.16. The van der Waals surface area contributed by atoms with Gasteiger partial charge < -0.3 is 9.64 Å². The number of halogens is 1. The largest absolute Gasteiger partial charge is 0.379 e. The highest BCUT2D eigenvalue weighted by atomic mass is 19.1. The van der Waals surface area contributed by atoms with Gasteiger partial charge in [-0.1, -0.05) is 18.2 Å². The minimum Gasteiger partial charge on any atom is -0.379 e. The highest BCUT2D eigenvalue weighted by Crippen LogP contribution is 2.15. The van der Waals surface area contributed by atoms with Crippen LogP contribution in [-0.2, 0) is 18.3 Å². The average molecular weight is 360 g/mol. The first kappa shape index (κ1) is 18.5. The van der Waals surface area contributed by atoms with Gasteiger partial charge in [0, 0.05) is 51.0 Å². The smallest absolute Gasteiger partial charge is 0.257 e. The zero-order valence-electron chi connectivity index (χ0n) is 15.3. The van der Waals surface area contributed by atoms with Gasteiger partial charge in [-0.2, -0.15) is 5.10 Å². The third-order valence-electron chi connectivity index (χ3n) is 4.86. The first-order valence-corrected chi connectivity index (χ1v) is 8.87. The van der Waals surface area contributed by atoms with Gasteiger partial charge in [-0.3, -0.25) is 14.4 Å². The topological polar surface area (TPSA) is 50.6 Å². The molecule has 1 amide bonds. The lowest BCUT2D eigenvalue weighted by Crippen LogP contribution is -2.43. The van der Waals surface area contributed by atoms with Gasteiger partial charge in [-0.25, -0.2) is 4.39 Å². The van der Waals surface area contributed by atoms with Gasteiger partial charge in [0.2, 0.25) is 0 Å². The van der Waals surface area contributed by atoms with Crippen LogP contribution in [-0.4, -0.2) is 64.9 Å². The molecule has 1 fully saturated rings. The third-order valence-corrected chi connectivity index (χ3v) is 4.86. The summed E-state index contributed by atoms with van der Waals surface area (Å²) in [5.41, 5.74) is 1.88. The maximum Gasteiger partial charge on any atom is 0.257 e. The van der Waals surface area contributed by atoms with Crippen molar-refractivity contribution in [2.24, 2.45) is 7.05 Å². The highest BCUT2D eigenvalue weighted by Gasteiger charge is 2.22. The van der Waals surface area contributed by atoms with Gasteiger partial charge in [0.25, 0.3) is 5.91 Å². The van der Waals surface area contributed by atoms with Crippen molar-refractivity contribution in [3.8, 4) is 0 Å². The minimum absolute atomic E-state index is 0.118. The Morgan fingerprint density at radius 1 is 1.31 bits per heavy atom. The molecular weight excluding hydrogens is 335 g/mol. The molecule has 1 saturated heterocycles. The van der Waals surface area contributed by atoms with Crippen molar-refractivity contribution in [3.63, 3.8) is 0 Å². The lowest BCUT2D eigenvalue weighted by Gasteiger charge is -2.30. The Kier molecular flexibility index (Phi) is 6.00. The summed E-state index contributed by atoms with van der Waals surface area (Å²) in [5.74, 6) is -0.410. The number of hydrogen-bond donors (Lipinski definition) is 0. The first-order valence-electron chi connectivity index (χ1n) is 8.87. The number of morpholine rings is 1. The molecule has 0 N–H and O–H groups in total. The van der Waals surface area contributed by atoms with Crippen LogP contribution in [0.25, 0.3) is 0 Å². The molecule has 1 aliphatic rings. The van der Waals surface area contributed by atoms with E-state index in [2.05, 4.69) is 10.00 Å². The standard InChI is InChI=1S/C19H25FN4O2/c1-15-17(13-21-22(15)2)19(25)24(8-7-23-9-11-26-12-10-23)14-16-5-3-4-6-18(16)20/h3-6,13H,7-12,14H2,1-2H3. The number of aromatic nitrogens is 2. The normalized spacial score (nSPS) is 15.2. The molecule has 0 aliphatic carbocycles. The van der Waals surface area contributed by atoms with E-state index in [1.54, 1.807) is 41.0 Å². The van der Waals surface area contributed by atoms with Crippen LogP contribution in [0.4, 0.5) is 4.39 Å². The van der Waals surface area contributed by atoms with E-state index in [4.69, 9.17) is 4.74 Å². The lowest BCUT2D eigenvalue weighted by molar-refractivity contribution is 0.0319. The van der Waals surface area contributed by atoms with Crippen LogP contribution in [0.5, 0.6) is 0 Å². The van der Waals surface area contributed by atoms with Crippen LogP contribution < -0.4 is 0 Å². The quantitative estimate of drug-likeness (QED) is 0.789. The number of carbonyl (C=O) groups is 1. The molecule has 0 bridgehead atoms. The molecule has 6 nitrogen and oxygen atoms in total. The summed E-state index contributed by atoms with van der Waals surface area (Å²) in [7, 11) is 1.81. The molecule has 2 aromatic rings. The third kappa shape index (κ3) is 4.28. The maximum atomic E-state index is 14.1. The molecule has 3 rings (SSSR count). The molecule has 0 atom stereocenters. The van der Waals surface area contributed by atoms with Crippen molar-refractivity contribution in [1.82, 2.24) is 19.6 Å². The van der Waals surface area contributed by atoms with Gasteiger partial charge in [-0.15, -0.1) is 0 Å². The van der Waals surface area contributed by atoms with E-state index in [9.17, 15) is 9.18 Å². The summed E-state index contributed by atoms with van der Waals surface area (Å²) in [4.78, 5) is 17.0. The summed E-state index contributed by atoms with van der Waals surface area (Å²) < 4.78 is 21.2. The number of carbonyl (C=O) groups excluding carboxylic acids is 1. The Hall–Kier alpha value is -2.25. The van der Waals surface area contributed by atoms with Crippen LogP contribution in [0.2, 0.25) is 0 Å². The predicted octanol–water partition coefficient (Wildman–Crippen LogP) is 1.84. The summed E-state index contributed by atoms with van der Waals surface area (Å²) in [6.07, 6.45) is 1.58. The van der Waals surface area contributed by atoms with Crippen LogP contribution >= 0.6 is 0 Å². The van der Waals surface area contributed by atoms with Gasteiger partial charge in [0.1, 0.15) is 5.82 Å². The predicted molar refractivity (Wildman–Crippen MR) is 96.3 cm³/mol. The van der Waals surface area contributed by atoms with E-state index >= 15 is 0 Å².